The van der Waals surface area contributed by atoms with E-state index in [4.69, 9.17) is 0 Å². The maximum Gasteiger partial charge on any atom is 0.258 e. The first-order valence-corrected chi connectivity index (χ1v) is 8.79. The Balaban J connectivity index is 1.68. The highest BCUT2D eigenvalue weighted by atomic mass is 79.9. The lowest BCUT2D eigenvalue weighted by molar-refractivity contribution is -0.117. The van der Waals surface area contributed by atoms with E-state index in [1.807, 2.05) is 19.1 Å². The van der Waals surface area contributed by atoms with Gasteiger partial charge in [-0.3, -0.25) is 18.9 Å². The normalized spacial score (nSPS) is 11.1. The van der Waals surface area contributed by atoms with E-state index in [1.165, 1.54) is 10.5 Å². The van der Waals surface area contributed by atoms with Crippen LogP contribution >= 0.6 is 15.9 Å². The largest absolute Gasteiger partial charge is 0.310 e. The maximum atomic E-state index is 12.2. The van der Waals surface area contributed by atoms with Gasteiger partial charge in [0.1, 0.15) is 11.5 Å². The summed E-state index contributed by atoms with van der Waals surface area (Å²) in [5.74, 6) is 0.306. The van der Waals surface area contributed by atoms with Gasteiger partial charge in [0.15, 0.2) is 0 Å². The van der Waals surface area contributed by atoms with Crippen LogP contribution in [0.4, 0.5) is 5.82 Å². The molecule has 0 aliphatic carbocycles. The van der Waals surface area contributed by atoms with Crippen LogP contribution in [0.15, 0.2) is 52.0 Å². The third-order valence-corrected chi connectivity index (χ3v) is 4.25. The van der Waals surface area contributed by atoms with Gasteiger partial charge in [0.05, 0.1) is 12.2 Å². The first-order chi connectivity index (χ1) is 12.4. The van der Waals surface area contributed by atoms with Gasteiger partial charge in [0.2, 0.25) is 5.91 Å². The van der Waals surface area contributed by atoms with Crippen LogP contribution in [0.2, 0.25) is 0 Å². The molecule has 0 atom stereocenters. The van der Waals surface area contributed by atoms with Gasteiger partial charge in [0, 0.05) is 29.5 Å². The molecule has 0 saturated carbocycles. The van der Waals surface area contributed by atoms with E-state index < -0.39 is 0 Å². The molecule has 1 N–H and O–H groups in total. The number of halogens is 1. The average Bonchev–Trinajstić information content (AvgIpc) is 2.58. The number of hydrogen-bond donors (Lipinski definition) is 1. The molecule has 134 valence electrons. The van der Waals surface area contributed by atoms with Crippen LogP contribution in [0.5, 0.6) is 0 Å². The molecule has 0 radical (unpaired) electrons. The number of anilines is 1. The van der Waals surface area contributed by atoms with Crippen molar-refractivity contribution in [2.45, 2.75) is 13.5 Å². The fraction of sp³-hybridized carbons (Fsp3) is 0.222. The lowest BCUT2D eigenvalue weighted by Crippen LogP contribution is -2.31. The molecular weight excluding hydrogens is 398 g/mol. The summed E-state index contributed by atoms with van der Waals surface area (Å²) in [6.07, 6.45) is 3.32. The highest BCUT2D eigenvalue weighted by molar-refractivity contribution is 9.10. The second kappa shape index (κ2) is 7.76. The molecule has 0 aliphatic heterocycles. The van der Waals surface area contributed by atoms with Gasteiger partial charge >= 0.3 is 0 Å². The lowest BCUT2D eigenvalue weighted by Gasteiger charge is -2.16. The van der Waals surface area contributed by atoms with Crippen molar-refractivity contribution in [1.82, 2.24) is 19.3 Å². The number of carbonyl (C=O) groups is 1. The van der Waals surface area contributed by atoms with Crippen LogP contribution in [-0.2, 0) is 11.3 Å². The number of carbonyl (C=O) groups excluding carboxylic acids is 1. The molecule has 8 heteroatoms. The number of fused-ring (bicyclic) bond motifs is 1. The average molecular weight is 416 g/mol. The summed E-state index contributed by atoms with van der Waals surface area (Å²) >= 11 is 3.30. The van der Waals surface area contributed by atoms with Gasteiger partial charge in [-0.2, -0.15) is 0 Å². The molecule has 0 bridgehead atoms. The Bertz CT molecular complexity index is 1000. The quantitative estimate of drug-likeness (QED) is 0.690. The van der Waals surface area contributed by atoms with E-state index in [2.05, 4.69) is 31.2 Å². The molecule has 3 rings (SSSR count). The maximum absolute atomic E-state index is 12.2. The van der Waals surface area contributed by atoms with Gasteiger partial charge in [-0.1, -0.05) is 6.07 Å². The predicted octanol–water partition coefficient (Wildman–Crippen LogP) is 2.23. The van der Waals surface area contributed by atoms with Crippen molar-refractivity contribution in [2.75, 3.05) is 18.9 Å². The molecule has 0 unspecified atom stereocenters. The van der Waals surface area contributed by atoms with Crippen LogP contribution in [0.25, 0.3) is 5.65 Å². The Morgan fingerprint density at radius 1 is 1.35 bits per heavy atom. The van der Waals surface area contributed by atoms with E-state index in [-0.39, 0.29) is 18.0 Å². The molecule has 0 spiro atoms. The summed E-state index contributed by atoms with van der Waals surface area (Å²) in [5, 5.41) is 2.74. The zero-order valence-electron chi connectivity index (χ0n) is 14.4. The van der Waals surface area contributed by atoms with Crippen molar-refractivity contribution in [3.05, 3.63) is 68.8 Å². The van der Waals surface area contributed by atoms with Crippen molar-refractivity contribution < 1.29 is 4.79 Å². The summed E-state index contributed by atoms with van der Waals surface area (Å²) in [7, 11) is 1.80. The van der Waals surface area contributed by atoms with Gasteiger partial charge in [-0.05, 0) is 53.7 Å². The molecule has 26 heavy (non-hydrogen) atoms. The smallest absolute Gasteiger partial charge is 0.258 e. The summed E-state index contributed by atoms with van der Waals surface area (Å²) in [5.41, 5.74) is 2.05. The van der Waals surface area contributed by atoms with Crippen molar-refractivity contribution in [1.29, 1.82) is 0 Å². The third kappa shape index (κ3) is 4.33. The Morgan fingerprint density at radius 3 is 2.88 bits per heavy atom. The van der Waals surface area contributed by atoms with Crippen LogP contribution in [-0.4, -0.2) is 38.8 Å². The second-order valence-electron chi connectivity index (χ2n) is 6.05. The predicted molar refractivity (Wildman–Crippen MR) is 103 cm³/mol. The van der Waals surface area contributed by atoms with Crippen LogP contribution in [0, 0.1) is 6.92 Å². The molecule has 0 aromatic carbocycles. The van der Waals surface area contributed by atoms with Crippen molar-refractivity contribution in [3.8, 4) is 0 Å². The number of aromatic nitrogens is 3. The van der Waals surface area contributed by atoms with Crippen molar-refractivity contribution in [2.24, 2.45) is 0 Å². The molecular formula is C18H18BrN5O2. The van der Waals surface area contributed by atoms with Gasteiger partial charge in [-0.25, -0.2) is 9.97 Å². The number of aryl methyl sites for hydroxylation is 1. The van der Waals surface area contributed by atoms with Crippen LogP contribution < -0.4 is 10.9 Å². The first kappa shape index (κ1) is 18.2. The number of rotatable bonds is 5. The number of hydrogen-bond acceptors (Lipinski definition) is 5. The van der Waals surface area contributed by atoms with E-state index in [0.717, 1.165) is 10.0 Å². The number of likely N-dealkylation sites (N-methyl/N-ethyl adjacent to an activating group) is 1. The summed E-state index contributed by atoms with van der Waals surface area (Å²) in [6, 6.07) is 8.75. The zero-order valence-corrected chi connectivity index (χ0v) is 16.0. The Hall–Kier alpha value is -2.58. The highest BCUT2D eigenvalue weighted by Crippen LogP contribution is 2.11. The fourth-order valence-electron chi connectivity index (χ4n) is 2.60. The summed E-state index contributed by atoms with van der Waals surface area (Å²) in [4.78, 5) is 34.8. The molecule has 7 nitrogen and oxygen atoms in total. The molecule has 3 aromatic heterocycles. The second-order valence-corrected chi connectivity index (χ2v) is 6.97. The Kier molecular flexibility index (Phi) is 5.43. The number of nitrogens with zero attached hydrogens (tertiary/aromatic N) is 4. The topological polar surface area (TPSA) is 79.6 Å². The van der Waals surface area contributed by atoms with E-state index in [1.54, 1.807) is 36.5 Å². The zero-order chi connectivity index (χ0) is 18.7. The van der Waals surface area contributed by atoms with Gasteiger partial charge in [0.25, 0.3) is 5.56 Å². The SMILES string of the molecule is Cc1cccn2c(=O)cc(CN(C)CC(=O)Nc3ccc(Br)cn3)nc12. The third-order valence-electron chi connectivity index (χ3n) is 3.78. The number of pyridine rings is 2. The van der Waals surface area contributed by atoms with E-state index in [9.17, 15) is 9.59 Å². The lowest BCUT2D eigenvalue weighted by atomic mass is 10.3. The van der Waals surface area contributed by atoms with Crippen LogP contribution in [0.3, 0.4) is 0 Å². The van der Waals surface area contributed by atoms with E-state index in [0.29, 0.717) is 23.7 Å². The standard InChI is InChI=1S/C18H18BrN5O2/c1-12-4-3-7-24-17(26)8-14(21-18(12)24)10-23(2)11-16(25)22-15-6-5-13(19)9-20-15/h3-9H,10-11H2,1-2H3,(H,20,22,25). The highest BCUT2D eigenvalue weighted by Gasteiger charge is 2.11. The molecule has 0 aliphatic rings. The minimum atomic E-state index is -0.184. The Morgan fingerprint density at radius 2 is 2.15 bits per heavy atom. The minimum Gasteiger partial charge on any atom is -0.310 e. The van der Waals surface area contributed by atoms with Crippen molar-refractivity contribution in [3.63, 3.8) is 0 Å². The van der Waals surface area contributed by atoms with Gasteiger partial charge in [-0.15, -0.1) is 0 Å². The molecule has 0 fully saturated rings. The molecule has 3 aromatic rings. The molecule has 3 heterocycles. The number of amides is 1. The minimum absolute atomic E-state index is 0.134. The summed E-state index contributed by atoms with van der Waals surface area (Å²) < 4.78 is 2.36. The first-order valence-electron chi connectivity index (χ1n) is 8.00. The Labute approximate surface area is 158 Å². The number of nitrogens with one attached hydrogen (secondary N) is 1. The van der Waals surface area contributed by atoms with Crippen molar-refractivity contribution >= 4 is 33.3 Å². The van der Waals surface area contributed by atoms with Crippen LogP contribution in [0.1, 0.15) is 11.3 Å². The summed E-state index contributed by atoms with van der Waals surface area (Å²) in [6.45, 7) is 2.46. The monoisotopic (exact) mass is 415 g/mol. The van der Waals surface area contributed by atoms with Gasteiger partial charge < -0.3 is 5.32 Å². The van der Waals surface area contributed by atoms with E-state index >= 15 is 0 Å². The molecule has 1 amide bonds. The molecule has 0 saturated heterocycles. The fourth-order valence-corrected chi connectivity index (χ4v) is 2.83.